The fourth-order valence-corrected chi connectivity index (χ4v) is 1.81. The Morgan fingerprint density at radius 3 is 2.94 bits per heavy atom. The summed E-state index contributed by atoms with van der Waals surface area (Å²) in [6.07, 6.45) is 2.22. The quantitative estimate of drug-likeness (QED) is 0.803. The number of carbonyl (C=O) groups is 1. The fraction of sp³-hybridized carbons (Fsp3) is 0.250. The van der Waals surface area contributed by atoms with Crippen molar-refractivity contribution in [3.8, 4) is 0 Å². The van der Waals surface area contributed by atoms with Crippen LogP contribution in [0.5, 0.6) is 0 Å². The second-order valence-corrected chi connectivity index (χ2v) is 4.44. The molecule has 0 aliphatic heterocycles. The number of halogens is 1. The fourth-order valence-electron chi connectivity index (χ4n) is 1.19. The smallest absolute Gasteiger partial charge is 0.328 e. The van der Waals surface area contributed by atoms with E-state index in [9.17, 15) is 9.18 Å². The number of carboxylic acid groups (broad SMARTS) is 1. The van der Waals surface area contributed by atoms with E-state index in [1.807, 2.05) is 0 Å². The number of hydrogen-bond acceptors (Lipinski definition) is 2. The molecule has 0 saturated carbocycles. The topological polar surface area (TPSA) is 37.3 Å². The van der Waals surface area contributed by atoms with Crippen LogP contribution in [0.1, 0.15) is 18.1 Å². The highest BCUT2D eigenvalue weighted by Gasteiger charge is 2.01. The van der Waals surface area contributed by atoms with Crippen molar-refractivity contribution in [3.63, 3.8) is 0 Å². The zero-order chi connectivity index (χ0) is 12.0. The monoisotopic (exact) mass is 240 g/mol. The molecular weight excluding hydrogens is 227 g/mol. The van der Waals surface area contributed by atoms with Gasteiger partial charge in [0.2, 0.25) is 0 Å². The van der Waals surface area contributed by atoms with Crippen LogP contribution in [0.3, 0.4) is 0 Å². The number of rotatable bonds is 5. The molecule has 16 heavy (non-hydrogen) atoms. The van der Waals surface area contributed by atoms with Gasteiger partial charge in [0.15, 0.2) is 0 Å². The van der Waals surface area contributed by atoms with Crippen molar-refractivity contribution in [2.24, 2.45) is 0 Å². The SMILES string of the molecule is CCSCc1ccc(F)c(/C=C/C(=O)O)c1. The van der Waals surface area contributed by atoms with Crippen LogP contribution in [0.4, 0.5) is 4.39 Å². The van der Waals surface area contributed by atoms with E-state index in [0.29, 0.717) is 5.56 Å². The van der Waals surface area contributed by atoms with Gasteiger partial charge in [-0.1, -0.05) is 13.0 Å². The maximum Gasteiger partial charge on any atom is 0.328 e. The Morgan fingerprint density at radius 1 is 1.56 bits per heavy atom. The second-order valence-electron chi connectivity index (χ2n) is 3.16. The molecule has 0 atom stereocenters. The molecule has 0 saturated heterocycles. The van der Waals surface area contributed by atoms with Crippen LogP contribution < -0.4 is 0 Å². The zero-order valence-electron chi connectivity index (χ0n) is 8.94. The number of thioether (sulfide) groups is 1. The molecule has 0 aliphatic carbocycles. The van der Waals surface area contributed by atoms with Gasteiger partial charge in [-0.3, -0.25) is 0 Å². The first-order valence-electron chi connectivity index (χ1n) is 4.90. The summed E-state index contributed by atoms with van der Waals surface area (Å²) in [5, 5.41) is 8.46. The van der Waals surface area contributed by atoms with Gasteiger partial charge in [0, 0.05) is 17.4 Å². The highest BCUT2D eigenvalue weighted by atomic mass is 32.2. The molecule has 0 amide bonds. The molecule has 0 aromatic heterocycles. The van der Waals surface area contributed by atoms with Gasteiger partial charge in [0.25, 0.3) is 0 Å². The summed E-state index contributed by atoms with van der Waals surface area (Å²) in [5.74, 6) is 0.332. The maximum atomic E-state index is 13.3. The summed E-state index contributed by atoms with van der Waals surface area (Å²) in [4.78, 5) is 10.3. The van der Waals surface area contributed by atoms with E-state index in [2.05, 4.69) is 6.92 Å². The normalized spacial score (nSPS) is 10.9. The van der Waals surface area contributed by atoms with Crippen LogP contribution in [0.25, 0.3) is 6.08 Å². The Bertz CT molecular complexity index is 402. The van der Waals surface area contributed by atoms with Crippen LogP contribution in [0.15, 0.2) is 24.3 Å². The molecule has 2 nitrogen and oxygen atoms in total. The molecule has 0 radical (unpaired) electrons. The minimum Gasteiger partial charge on any atom is -0.478 e. The lowest BCUT2D eigenvalue weighted by Crippen LogP contribution is -1.90. The molecule has 86 valence electrons. The van der Waals surface area contributed by atoms with Crippen molar-refractivity contribution < 1.29 is 14.3 Å². The number of aliphatic carboxylic acids is 1. The number of benzene rings is 1. The first-order valence-corrected chi connectivity index (χ1v) is 6.06. The van der Waals surface area contributed by atoms with Crippen molar-refractivity contribution in [1.82, 2.24) is 0 Å². The van der Waals surface area contributed by atoms with Crippen molar-refractivity contribution in [3.05, 3.63) is 41.2 Å². The molecule has 1 N–H and O–H groups in total. The summed E-state index contributed by atoms with van der Waals surface area (Å²) in [5.41, 5.74) is 1.31. The van der Waals surface area contributed by atoms with Crippen LogP contribution in [-0.2, 0) is 10.5 Å². The van der Waals surface area contributed by atoms with Gasteiger partial charge >= 0.3 is 5.97 Å². The van der Waals surface area contributed by atoms with Gasteiger partial charge < -0.3 is 5.11 Å². The van der Waals surface area contributed by atoms with Gasteiger partial charge in [-0.05, 0) is 29.5 Å². The molecule has 1 aromatic carbocycles. The third-order valence-corrected chi connectivity index (χ3v) is 2.88. The van der Waals surface area contributed by atoms with E-state index in [-0.39, 0.29) is 0 Å². The van der Waals surface area contributed by atoms with Crippen molar-refractivity contribution in [1.29, 1.82) is 0 Å². The van der Waals surface area contributed by atoms with Gasteiger partial charge in [-0.2, -0.15) is 11.8 Å². The highest BCUT2D eigenvalue weighted by molar-refractivity contribution is 7.98. The van der Waals surface area contributed by atoms with E-state index in [4.69, 9.17) is 5.11 Å². The molecule has 0 unspecified atom stereocenters. The lowest BCUT2D eigenvalue weighted by molar-refractivity contribution is -0.131. The predicted octanol–water partition coefficient (Wildman–Crippen LogP) is 3.18. The predicted molar refractivity (Wildman–Crippen MR) is 64.9 cm³/mol. The lowest BCUT2D eigenvalue weighted by Gasteiger charge is -2.02. The van der Waals surface area contributed by atoms with Crippen LogP contribution in [0, 0.1) is 5.82 Å². The molecule has 0 aliphatic rings. The second kappa shape index (κ2) is 6.33. The van der Waals surface area contributed by atoms with Crippen molar-refractivity contribution in [2.75, 3.05) is 5.75 Å². The Balaban J connectivity index is 2.85. The summed E-state index contributed by atoms with van der Waals surface area (Å²) in [6, 6.07) is 4.76. The summed E-state index contributed by atoms with van der Waals surface area (Å²) in [7, 11) is 0. The third-order valence-electron chi connectivity index (χ3n) is 1.94. The zero-order valence-corrected chi connectivity index (χ0v) is 9.76. The first kappa shape index (κ1) is 12.8. The maximum absolute atomic E-state index is 13.3. The van der Waals surface area contributed by atoms with Gasteiger partial charge in [0.1, 0.15) is 5.82 Å². The summed E-state index contributed by atoms with van der Waals surface area (Å²) < 4.78 is 13.3. The Hall–Kier alpha value is -1.29. The highest BCUT2D eigenvalue weighted by Crippen LogP contribution is 2.17. The molecule has 1 aromatic rings. The molecular formula is C12H13FO2S. The minimum absolute atomic E-state index is 0.316. The van der Waals surface area contributed by atoms with Crippen LogP contribution in [-0.4, -0.2) is 16.8 Å². The van der Waals surface area contributed by atoms with E-state index in [1.54, 1.807) is 23.9 Å². The first-order chi connectivity index (χ1) is 7.63. The molecule has 0 heterocycles. The Labute approximate surface area is 98.2 Å². The Morgan fingerprint density at radius 2 is 2.31 bits per heavy atom. The number of hydrogen-bond donors (Lipinski definition) is 1. The Kier molecular flexibility index (Phi) is 5.05. The van der Waals surface area contributed by atoms with E-state index in [0.717, 1.165) is 23.1 Å². The minimum atomic E-state index is -1.08. The van der Waals surface area contributed by atoms with E-state index >= 15 is 0 Å². The van der Waals surface area contributed by atoms with Gasteiger partial charge in [0.05, 0.1) is 0 Å². The van der Waals surface area contributed by atoms with Crippen molar-refractivity contribution in [2.45, 2.75) is 12.7 Å². The van der Waals surface area contributed by atoms with Crippen molar-refractivity contribution >= 4 is 23.8 Å². The number of carboxylic acids is 1. The standard InChI is InChI=1S/C12H13FO2S/c1-2-16-8-9-3-5-11(13)10(7-9)4-6-12(14)15/h3-7H,2,8H2,1H3,(H,14,15)/b6-4+. The average Bonchev–Trinajstić information content (AvgIpc) is 2.26. The third kappa shape index (κ3) is 4.06. The summed E-state index contributed by atoms with van der Waals surface area (Å²) >= 11 is 1.74. The molecule has 1 rings (SSSR count). The molecule has 4 heteroatoms. The molecule has 0 fully saturated rings. The van der Waals surface area contributed by atoms with Crippen LogP contribution in [0.2, 0.25) is 0 Å². The van der Waals surface area contributed by atoms with E-state index < -0.39 is 11.8 Å². The average molecular weight is 240 g/mol. The van der Waals surface area contributed by atoms with E-state index in [1.165, 1.54) is 12.1 Å². The van der Waals surface area contributed by atoms with Gasteiger partial charge in [-0.25, -0.2) is 9.18 Å². The molecule has 0 spiro atoms. The van der Waals surface area contributed by atoms with Crippen LogP contribution >= 0.6 is 11.8 Å². The largest absolute Gasteiger partial charge is 0.478 e. The van der Waals surface area contributed by atoms with Gasteiger partial charge in [-0.15, -0.1) is 0 Å². The lowest BCUT2D eigenvalue weighted by atomic mass is 10.1. The molecule has 0 bridgehead atoms. The summed E-state index contributed by atoms with van der Waals surface area (Å²) in [6.45, 7) is 2.05.